The zero-order valence-corrected chi connectivity index (χ0v) is 8.03. The van der Waals surface area contributed by atoms with Crippen molar-refractivity contribution in [2.24, 2.45) is 5.92 Å². The molecule has 66 valence electrons. The average molecular weight is 162 g/mol. The van der Waals surface area contributed by atoms with Crippen LogP contribution in [0, 0.1) is 5.92 Å². The second kappa shape index (κ2) is 8.06. The molecular formula is C12H18. The van der Waals surface area contributed by atoms with Gasteiger partial charge < -0.3 is 0 Å². The van der Waals surface area contributed by atoms with Gasteiger partial charge in [-0.05, 0) is 12.3 Å². The van der Waals surface area contributed by atoms with Crippen molar-refractivity contribution in [3.05, 3.63) is 49.1 Å². The summed E-state index contributed by atoms with van der Waals surface area (Å²) < 4.78 is 0. The summed E-state index contributed by atoms with van der Waals surface area (Å²) in [7, 11) is 0. The van der Waals surface area contributed by atoms with Crippen molar-refractivity contribution in [1.29, 1.82) is 0 Å². The molecule has 0 saturated heterocycles. The minimum atomic E-state index is 0.748. The highest BCUT2D eigenvalue weighted by atomic mass is 13.9. The third-order valence-electron chi connectivity index (χ3n) is 1.32. The van der Waals surface area contributed by atoms with E-state index in [1.165, 1.54) is 0 Å². The van der Waals surface area contributed by atoms with Crippen LogP contribution in [-0.2, 0) is 0 Å². The molecule has 0 aromatic rings. The Bertz CT molecular complexity index is 180. The first-order valence-electron chi connectivity index (χ1n) is 4.38. The standard InChI is InChI=1S/C12H18/c1-4-5-6-7-8-9-10-11-12(2)3/h4-10,12H,1,11H2,2-3H3/b6-5+,8-7+,10-9+. The Morgan fingerprint density at radius 2 is 1.58 bits per heavy atom. The van der Waals surface area contributed by atoms with Crippen LogP contribution in [0.3, 0.4) is 0 Å². The van der Waals surface area contributed by atoms with E-state index in [2.05, 4.69) is 32.6 Å². The maximum atomic E-state index is 3.58. The summed E-state index contributed by atoms with van der Waals surface area (Å²) in [6.45, 7) is 8.01. The summed E-state index contributed by atoms with van der Waals surface area (Å²) in [6, 6.07) is 0. The first-order chi connectivity index (χ1) is 5.77. The van der Waals surface area contributed by atoms with Crippen LogP contribution in [0.1, 0.15) is 20.3 Å². The van der Waals surface area contributed by atoms with Gasteiger partial charge in [-0.15, -0.1) is 0 Å². The quantitative estimate of drug-likeness (QED) is 0.538. The van der Waals surface area contributed by atoms with Gasteiger partial charge in [0.15, 0.2) is 0 Å². The second-order valence-corrected chi connectivity index (χ2v) is 3.06. The Kier molecular flexibility index (Phi) is 7.36. The highest BCUT2D eigenvalue weighted by molar-refractivity contribution is 5.14. The Balaban J connectivity index is 3.52. The van der Waals surface area contributed by atoms with E-state index in [4.69, 9.17) is 0 Å². The molecule has 0 nitrogen and oxygen atoms in total. The van der Waals surface area contributed by atoms with Gasteiger partial charge in [0.25, 0.3) is 0 Å². The Morgan fingerprint density at radius 3 is 2.17 bits per heavy atom. The first-order valence-corrected chi connectivity index (χ1v) is 4.38. The van der Waals surface area contributed by atoms with Crippen LogP contribution in [0.2, 0.25) is 0 Å². The number of allylic oxidation sites excluding steroid dienone is 7. The van der Waals surface area contributed by atoms with Crippen LogP contribution in [-0.4, -0.2) is 0 Å². The maximum Gasteiger partial charge on any atom is -0.0324 e. The van der Waals surface area contributed by atoms with Crippen molar-refractivity contribution >= 4 is 0 Å². The molecule has 0 atom stereocenters. The van der Waals surface area contributed by atoms with E-state index in [0.717, 1.165) is 12.3 Å². The van der Waals surface area contributed by atoms with Gasteiger partial charge in [0.2, 0.25) is 0 Å². The highest BCUT2D eigenvalue weighted by Crippen LogP contribution is 1.99. The summed E-state index contributed by atoms with van der Waals surface area (Å²) in [6.07, 6.45) is 15.1. The number of rotatable bonds is 5. The van der Waals surface area contributed by atoms with Crippen molar-refractivity contribution in [3.63, 3.8) is 0 Å². The van der Waals surface area contributed by atoms with E-state index in [1.807, 2.05) is 24.3 Å². The smallest absolute Gasteiger partial charge is 0.0324 e. The van der Waals surface area contributed by atoms with Crippen LogP contribution < -0.4 is 0 Å². The molecule has 0 unspecified atom stereocenters. The van der Waals surface area contributed by atoms with E-state index in [9.17, 15) is 0 Å². The zero-order valence-electron chi connectivity index (χ0n) is 8.03. The Hall–Kier alpha value is -1.04. The van der Waals surface area contributed by atoms with Gasteiger partial charge in [-0.25, -0.2) is 0 Å². The first kappa shape index (κ1) is 11.0. The third kappa shape index (κ3) is 8.96. The predicted octanol–water partition coefficient (Wildman–Crippen LogP) is 3.89. The SMILES string of the molecule is C=C/C=C/C=C/C=C/CC(C)C. The van der Waals surface area contributed by atoms with Crippen LogP contribution in [0.4, 0.5) is 0 Å². The van der Waals surface area contributed by atoms with Crippen LogP contribution in [0.25, 0.3) is 0 Å². The van der Waals surface area contributed by atoms with Gasteiger partial charge in [0.05, 0.1) is 0 Å². The van der Waals surface area contributed by atoms with Gasteiger partial charge in [-0.1, -0.05) is 63.0 Å². The fraction of sp³-hybridized carbons (Fsp3) is 0.333. The Morgan fingerprint density at radius 1 is 1.00 bits per heavy atom. The Labute approximate surface area is 76.0 Å². The maximum absolute atomic E-state index is 3.58. The van der Waals surface area contributed by atoms with Crippen molar-refractivity contribution < 1.29 is 0 Å². The molecule has 0 aliphatic heterocycles. The minimum Gasteiger partial charge on any atom is -0.0991 e. The fourth-order valence-electron chi connectivity index (χ4n) is 0.700. The largest absolute Gasteiger partial charge is 0.0991 e. The van der Waals surface area contributed by atoms with Crippen molar-refractivity contribution in [2.45, 2.75) is 20.3 Å². The summed E-state index contributed by atoms with van der Waals surface area (Å²) >= 11 is 0. The lowest BCUT2D eigenvalue weighted by molar-refractivity contribution is 0.664. The minimum absolute atomic E-state index is 0.748. The fourth-order valence-corrected chi connectivity index (χ4v) is 0.700. The average Bonchev–Trinajstić information content (AvgIpc) is 2.02. The summed E-state index contributed by atoms with van der Waals surface area (Å²) in [5.74, 6) is 0.748. The molecule has 0 aliphatic rings. The topological polar surface area (TPSA) is 0 Å². The molecule has 0 amide bonds. The molecule has 0 rings (SSSR count). The molecule has 0 N–H and O–H groups in total. The van der Waals surface area contributed by atoms with Gasteiger partial charge >= 0.3 is 0 Å². The molecule has 0 heterocycles. The zero-order chi connectivity index (χ0) is 9.23. The van der Waals surface area contributed by atoms with Crippen LogP contribution >= 0.6 is 0 Å². The molecule has 12 heavy (non-hydrogen) atoms. The van der Waals surface area contributed by atoms with Crippen molar-refractivity contribution in [3.8, 4) is 0 Å². The molecule has 0 radical (unpaired) electrons. The van der Waals surface area contributed by atoms with Gasteiger partial charge in [-0.2, -0.15) is 0 Å². The third-order valence-corrected chi connectivity index (χ3v) is 1.32. The predicted molar refractivity (Wildman–Crippen MR) is 57.1 cm³/mol. The lowest BCUT2D eigenvalue weighted by atomic mass is 10.1. The number of hydrogen-bond acceptors (Lipinski definition) is 0. The van der Waals surface area contributed by atoms with Gasteiger partial charge in [-0.3, -0.25) is 0 Å². The van der Waals surface area contributed by atoms with E-state index < -0.39 is 0 Å². The molecular weight excluding hydrogens is 144 g/mol. The lowest BCUT2D eigenvalue weighted by Crippen LogP contribution is -1.80. The molecule has 0 aromatic heterocycles. The van der Waals surface area contributed by atoms with E-state index >= 15 is 0 Å². The van der Waals surface area contributed by atoms with E-state index in [0.29, 0.717) is 0 Å². The van der Waals surface area contributed by atoms with Crippen molar-refractivity contribution in [1.82, 2.24) is 0 Å². The summed E-state index contributed by atoms with van der Waals surface area (Å²) in [5.41, 5.74) is 0. The molecule has 0 heteroatoms. The molecule has 0 saturated carbocycles. The normalized spacial score (nSPS) is 12.6. The van der Waals surface area contributed by atoms with E-state index in [1.54, 1.807) is 6.08 Å². The van der Waals surface area contributed by atoms with Gasteiger partial charge in [0, 0.05) is 0 Å². The second-order valence-electron chi connectivity index (χ2n) is 3.06. The van der Waals surface area contributed by atoms with Crippen LogP contribution in [0.15, 0.2) is 49.1 Å². The van der Waals surface area contributed by atoms with Gasteiger partial charge in [0.1, 0.15) is 0 Å². The molecule has 0 bridgehead atoms. The number of hydrogen-bond donors (Lipinski definition) is 0. The monoisotopic (exact) mass is 162 g/mol. The summed E-state index contributed by atoms with van der Waals surface area (Å²) in [5, 5.41) is 0. The summed E-state index contributed by atoms with van der Waals surface area (Å²) in [4.78, 5) is 0. The highest BCUT2D eigenvalue weighted by Gasteiger charge is 1.84. The molecule has 0 aliphatic carbocycles. The molecule has 0 fully saturated rings. The van der Waals surface area contributed by atoms with Crippen LogP contribution in [0.5, 0.6) is 0 Å². The molecule has 0 spiro atoms. The van der Waals surface area contributed by atoms with E-state index in [-0.39, 0.29) is 0 Å². The molecule has 0 aromatic carbocycles. The van der Waals surface area contributed by atoms with Crippen molar-refractivity contribution in [2.75, 3.05) is 0 Å². The lowest BCUT2D eigenvalue weighted by Gasteiger charge is -1.94.